The Labute approximate surface area is 114 Å². The standard InChI is InChI=1S/C12H15NO3S2/c1-7-5-9(8(2)18-7)10(14)13-12(11(15)16)3-4-17-6-12/h5H,3-4,6H2,1-2H3,(H,13,14)(H,15,16)/t12-/m1/s1. The summed E-state index contributed by atoms with van der Waals surface area (Å²) in [6, 6.07) is 1.81. The number of hydrogen-bond donors (Lipinski definition) is 2. The Morgan fingerprint density at radius 1 is 1.44 bits per heavy atom. The van der Waals surface area contributed by atoms with Crippen molar-refractivity contribution in [2.24, 2.45) is 0 Å². The van der Waals surface area contributed by atoms with Crippen LogP contribution in [0.1, 0.15) is 26.5 Å². The normalized spacial score (nSPS) is 23.0. The fourth-order valence-corrected chi connectivity index (χ4v) is 4.27. The molecule has 1 saturated heterocycles. The third-order valence-electron chi connectivity index (χ3n) is 3.07. The van der Waals surface area contributed by atoms with Gasteiger partial charge in [0.2, 0.25) is 0 Å². The number of rotatable bonds is 3. The van der Waals surface area contributed by atoms with Crippen molar-refractivity contribution in [3.63, 3.8) is 0 Å². The van der Waals surface area contributed by atoms with Crippen LogP contribution in [0.4, 0.5) is 0 Å². The molecule has 2 N–H and O–H groups in total. The van der Waals surface area contributed by atoms with E-state index in [1.54, 1.807) is 23.1 Å². The number of carbonyl (C=O) groups excluding carboxylic acids is 1. The average molecular weight is 285 g/mol. The number of aryl methyl sites for hydroxylation is 2. The summed E-state index contributed by atoms with van der Waals surface area (Å²) < 4.78 is 0. The molecule has 0 aliphatic carbocycles. The minimum absolute atomic E-state index is 0.276. The molecule has 0 unspecified atom stereocenters. The van der Waals surface area contributed by atoms with Crippen LogP contribution in [0.3, 0.4) is 0 Å². The minimum atomic E-state index is -1.09. The lowest BCUT2D eigenvalue weighted by atomic mass is 9.98. The monoisotopic (exact) mass is 285 g/mol. The van der Waals surface area contributed by atoms with Crippen LogP contribution in [0, 0.1) is 13.8 Å². The van der Waals surface area contributed by atoms with Crippen LogP contribution in [-0.4, -0.2) is 34.0 Å². The van der Waals surface area contributed by atoms with Crippen molar-refractivity contribution in [1.82, 2.24) is 5.32 Å². The molecular weight excluding hydrogens is 270 g/mol. The molecule has 0 radical (unpaired) electrons. The lowest BCUT2D eigenvalue weighted by Crippen LogP contribution is -2.54. The molecule has 1 atom stereocenters. The highest BCUT2D eigenvalue weighted by atomic mass is 32.2. The van der Waals surface area contributed by atoms with E-state index in [-0.39, 0.29) is 5.91 Å². The Kier molecular flexibility index (Phi) is 3.68. The molecule has 2 heterocycles. The number of thioether (sulfide) groups is 1. The Bertz CT molecular complexity index is 490. The SMILES string of the molecule is Cc1cc(C(=O)N[C@]2(C(=O)O)CCSC2)c(C)s1. The summed E-state index contributed by atoms with van der Waals surface area (Å²) in [4.78, 5) is 25.5. The largest absolute Gasteiger partial charge is 0.479 e. The van der Waals surface area contributed by atoms with E-state index in [2.05, 4.69) is 5.32 Å². The molecule has 1 fully saturated rings. The minimum Gasteiger partial charge on any atom is -0.479 e. The summed E-state index contributed by atoms with van der Waals surface area (Å²) in [5, 5.41) is 12.0. The van der Waals surface area contributed by atoms with Crippen molar-refractivity contribution in [2.45, 2.75) is 25.8 Å². The van der Waals surface area contributed by atoms with Crippen molar-refractivity contribution in [2.75, 3.05) is 11.5 Å². The highest BCUT2D eigenvalue weighted by Crippen LogP contribution is 2.29. The smallest absolute Gasteiger partial charge is 0.330 e. The molecule has 4 nitrogen and oxygen atoms in total. The van der Waals surface area contributed by atoms with E-state index in [4.69, 9.17) is 0 Å². The second-order valence-corrected chi connectivity index (χ2v) is 7.04. The topological polar surface area (TPSA) is 66.4 Å². The van der Waals surface area contributed by atoms with Crippen molar-refractivity contribution >= 4 is 35.0 Å². The zero-order valence-corrected chi connectivity index (χ0v) is 11.9. The maximum absolute atomic E-state index is 12.2. The molecule has 1 amide bonds. The van der Waals surface area contributed by atoms with E-state index in [0.717, 1.165) is 15.5 Å². The summed E-state index contributed by atoms with van der Waals surface area (Å²) in [5.41, 5.74) is -0.501. The van der Waals surface area contributed by atoms with E-state index in [1.165, 1.54) is 0 Å². The Morgan fingerprint density at radius 2 is 2.17 bits per heavy atom. The molecule has 6 heteroatoms. The Hall–Kier alpha value is -1.01. The maximum Gasteiger partial charge on any atom is 0.330 e. The van der Waals surface area contributed by atoms with Crippen LogP contribution in [0.15, 0.2) is 6.07 Å². The molecule has 0 bridgehead atoms. The quantitative estimate of drug-likeness (QED) is 0.892. The number of carboxylic acid groups (broad SMARTS) is 1. The molecule has 1 aromatic heterocycles. The van der Waals surface area contributed by atoms with E-state index in [9.17, 15) is 14.7 Å². The van der Waals surface area contributed by atoms with Gasteiger partial charge in [-0.1, -0.05) is 0 Å². The highest BCUT2D eigenvalue weighted by molar-refractivity contribution is 7.99. The van der Waals surface area contributed by atoms with Gasteiger partial charge in [-0.25, -0.2) is 4.79 Å². The first-order valence-corrected chi connectivity index (χ1v) is 7.62. The van der Waals surface area contributed by atoms with Crippen LogP contribution in [0.2, 0.25) is 0 Å². The van der Waals surface area contributed by atoms with Crippen molar-refractivity contribution in [1.29, 1.82) is 0 Å². The molecular formula is C12H15NO3S2. The molecule has 2 rings (SSSR count). The van der Waals surface area contributed by atoms with Gasteiger partial charge in [0.1, 0.15) is 5.54 Å². The van der Waals surface area contributed by atoms with Crippen LogP contribution in [-0.2, 0) is 4.79 Å². The second kappa shape index (κ2) is 4.93. The highest BCUT2D eigenvalue weighted by Gasteiger charge is 2.43. The Morgan fingerprint density at radius 3 is 2.61 bits per heavy atom. The predicted octanol–water partition coefficient (Wildman–Crippen LogP) is 2.06. The summed E-state index contributed by atoms with van der Waals surface area (Å²) in [7, 11) is 0. The number of carboxylic acids is 1. The fraction of sp³-hybridized carbons (Fsp3) is 0.500. The van der Waals surface area contributed by atoms with Gasteiger partial charge in [-0.05, 0) is 32.1 Å². The van der Waals surface area contributed by atoms with E-state index >= 15 is 0 Å². The first kappa shape index (κ1) is 13.4. The second-order valence-electron chi connectivity index (χ2n) is 4.47. The van der Waals surface area contributed by atoms with Gasteiger partial charge in [0, 0.05) is 15.5 Å². The molecule has 0 saturated carbocycles. The number of nitrogens with one attached hydrogen (secondary N) is 1. The molecule has 0 aromatic carbocycles. The number of hydrogen-bond acceptors (Lipinski definition) is 4. The van der Waals surface area contributed by atoms with Crippen molar-refractivity contribution in [3.05, 3.63) is 21.4 Å². The number of carbonyl (C=O) groups is 2. The lowest BCUT2D eigenvalue weighted by Gasteiger charge is -2.24. The first-order chi connectivity index (χ1) is 8.44. The number of amides is 1. The molecule has 1 aliphatic heterocycles. The van der Waals surface area contributed by atoms with Crippen LogP contribution in [0.25, 0.3) is 0 Å². The predicted molar refractivity (Wildman–Crippen MR) is 73.6 cm³/mol. The molecule has 0 spiro atoms. The summed E-state index contributed by atoms with van der Waals surface area (Å²) in [6.45, 7) is 3.82. The summed E-state index contributed by atoms with van der Waals surface area (Å²) in [6.07, 6.45) is 0.487. The molecule has 1 aliphatic rings. The van der Waals surface area contributed by atoms with E-state index < -0.39 is 11.5 Å². The third-order valence-corrected chi connectivity index (χ3v) is 5.23. The zero-order chi connectivity index (χ0) is 13.3. The molecule has 18 heavy (non-hydrogen) atoms. The van der Waals surface area contributed by atoms with Gasteiger partial charge in [0.05, 0.1) is 5.56 Å². The summed E-state index contributed by atoms with van der Waals surface area (Å²) in [5.74, 6) is -0.00279. The molecule has 98 valence electrons. The fourth-order valence-electron chi connectivity index (χ4n) is 2.03. The number of aliphatic carboxylic acids is 1. The average Bonchev–Trinajstić information content (AvgIpc) is 2.86. The van der Waals surface area contributed by atoms with Gasteiger partial charge in [-0.3, -0.25) is 4.79 Å². The van der Waals surface area contributed by atoms with Gasteiger partial charge in [0.25, 0.3) is 5.91 Å². The van der Waals surface area contributed by atoms with Gasteiger partial charge < -0.3 is 10.4 Å². The number of thiophene rings is 1. The third kappa shape index (κ3) is 2.40. The lowest BCUT2D eigenvalue weighted by molar-refractivity contribution is -0.143. The Balaban J connectivity index is 2.20. The van der Waals surface area contributed by atoms with E-state index in [0.29, 0.717) is 17.7 Å². The molecule has 1 aromatic rings. The van der Waals surface area contributed by atoms with Crippen molar-refractivity contribution < 1.29 is 14.7 Å². The first-order valence-electron chi connectivity index (χ1n) is 5.65. The van der Waals surface area contributed by atoms with Gasteiger partial charge in [-0.2, -0.15) is 11.8 Å². The van der Waals surface area contributed by atoms with E-state index in [1.807, 2.05) is 19.9 Å². The van der Waals surface area contributed by atoms with Gasteiger partial charge >= 0.3 is 5.97 Å². The van der Waals surface area contributed by atoms with Crippen LogP contribution < -0.4 is 5.32 Å². The van der Waals surface area contributed by atoms with Gasteiger partial charge in [-0.15, -0.1) is 11.3 Å². The maximum atomic E-state index is 12.2. The van der Waals surface area contributed by atoms with Crippen molar-refractivity contribution in [3.8, 4) is 0 Å². The zero-order valence-electron chi connectivity index (χ0n) is 10.3. The summed E-state index contributed by atoms with van der Waals surface area (Å²) >= 11 is 3.11. The van der Waals surface area contributed by atoms with Crippen LogP contribution >= 0.6 is 23.1 Å². The van der Waals surface area contributed by atoms with Gasteiger partial charge in [0.15, 0.2) is 0 Å². The van der Waals surface area contributed by atoms with Crippen LogP contribution in [0.5, 0.6) is 0 Å².